The molecule has 0 fully saturated rings. The predicted octanol–water partition coefficient (Wildman–Crippen LogP) is 2.51. The molecule has 0 bridgehead atoms. The highest BCUT2D eigenvalue weighted by Gasteiger charge is 2.35. The van der Waals surface area contributed by atoms with Crippen LogP contribution < -0.4 is 5.32 Å². The summed E-state index contributed by atoms with van der Waals surface area (Å²) in [5, 5.41) is 2.55. The van der Waals surface area contributed by atoms with Crippen LogP contribution in [0.1, 0.15) is 12.7 Å². The molecule has 0 saturated heterocycles. The zero-order valence-corrected chi connectivity index (χ0v) is 10.8. The van der Waals surface area contributed by atoms with Crippen LogP contribution in [-0.4, -0.2) is 41.5 Å². The van der Waals surface area contributed by atoms with Crippen molar-refractivity contribution in [2.75, 3.05) is 32.0 Å². The summed E-state index contributed by atoms with van der Waals surface area (Å²) in [7, 11) is 1.91. The quantitative estimate of drug-likeness (QED) is 0.843. The first-order valence-electron chi connectivity index (χ1n) is 5.37. The highest BCUT2D eigenvalue weighted by molar-refractivity contribution is 6.29. The van der Waals surface area contributed by atoms with Crippen LogP contribution in [0.3, 0.4) is 0 Å². The molecule has 1 heterocycles. The summed E-state index contributed by atoms with van der Waals surface area (Å²) in [4.78, 5) is 8.54. The van der Waals surface area contributed by atoms with Gasteiger partial charge in [0.05, 0.1) is 0 Å². The number of likely N-dealkylation sites (N-methyl/N-ethyl adjacent to an activating group) is 1. The molecule has 0 aliphatic heterocycles. The van der Waals surface area contributed by atoms with Crippen LogP contribution >= 0.6 is 11.6 Å². The maximum atomic E-state index is 12.4. The molecule has 0 amide bonds. The standard InChI is InChI=1S/C10H14ClF3N4/c1-3-18(2)5-4-15-8-6-7(11)16-9(17-8)10(12,13)14/h6H,3-5H2,1-2H3,(H,15,16,17). The number of nitrogens with one attached hydrogen (secondary N) is 1. The Kier molecular flexibility index (Phi) is 5.15. The fourth-order valence-electron chi connectivity index (χ4n) is 1.17. The first-order chi connectivity index (χ1) is 8.32. The minimum absolute atomic E-state index is 0.0758. The van der Waals surface area contributed by atoms with E-state index in [1.165, 1.54) is 6.07 Å². The van der Waals surface area contributed by atoms with Gasteiger partial charge in [-0.2, -0.15) is 13.2 Å². The Labute approximate surface area is 108 Å². The van der Waals surface area contributed by atoms with Crippen molar-refractivity contribution in [1.82, 2.24) is 14.9 Å². The zero-order chi connectivity index (χ0) is 13.8. The lowest BCUT2D eigenvalue weighted by atomic mass is 10.4. The van der Waals surface area contributed by atoms with Crippen molar-refractivity contribution in [2.24, 2.45) is 0 Å². The summed E-state index contributed by atoms with van der Waals surface area (Å²) in [6.07, 6.45) is -4.60. The normalized spacial score (nSPS) is 11.9. The zero-order valence-electron chi connectivity index (χ0n) is 10.1. The molecule has 0 aliphatic rings. The molecule has 0 aromatic carbocycles. The molecule has 0 atom stereocenters. The van der Waals surface area contributed by atoms with Crippen molar-refractivity contribution >= 4 is 17.4 Å². The smallest absolute Gasteiger partial charge is 0.369 e. The van der Waals surface area contributed by atoms with Gasteiger partial charge in [-0.1, -0.05) is 18.5 Å². The van der Waals surface area contributed by atoms with E-state index < -0.39 is 12.0 Å². The van der Waals surface area contributed by atoms with Gasteiger partial charge in [-0.05, 0) is 13.6 Å². The van der Waals surface area contributed by atoms with Gasteiger partial charge < -0.3 is 10.2 Å². The van der Waals surface area contributed by atoms with Crippen molar-refractivity contribution < 1.29 is 13.2 Å². The van der Waals surface area contributed by atoms with Gasteiger partial charge >= 0.3 is 6.18 Å². The van der Waals surface area contributed by atoms with Crippen molar-refractivity contribution in [2.45, 2.75) is 13.1 Å². The maximum Gasteiger partial charge on any atom is 0.451 e. The molecule has 8 heteroatoms. The summed E-state index contributed by atoms with van der Waals surface area (Å²) in [6, 6.07) is 1.27. The second-order valence-electron chi connectivity index (χ2n) is 3.72. The van der Waals surface area contributed by atoms with Gasteiger partial charge in [0, 0.05) is 19.2 Å². The fourth-order valence-corrected chi connectivity index (χ4v) is 1.35. The second kappa shape index (κ2) is 6.19. The third kappa shape index (κ3) is 4.66. The number of nitrogens with zero attached hydrogens (tertiary/aromatic N) is 3. The van der Waals surface area contributed by atoms with E-state index in [1.54, 1.807) is 0 Å². The Hall–Kier alpha value is -1.08. The van der Waals surface area contributed by atoms with Crippen molar-refractivity contribution in [3.05, 3.63) is 17.0 Å². The first-order valence-corrected chi connectivity index (χ1v) is 5.75. The summed E-state index contributed by atoms with van der Waals surface area (Å²) in [5.41, 5.74) is 0. The van der Waals surface area contributed by atoms with Gasteiger partial charge in [0.25, 0.3) is 0 Å². The molecule has 0 unspecified atom stereocenters. The molecule has 1 rings (SSSR count). The molecule has 0 spiro atoms. The maximum absolute atomic E-state index is 12.4. The van der Waals surface area contributed by atoms with Crippen molar-refractivity contribution in [1.29, 1.82) is 0 Å². The Balaban J connectivity index is 2.69. The molecule has 1 aromatic rings. The molecular weight excluding hydrogens is 269 g/mol. The molecule has 4 nitrogen and oxygen atoms in total. The van der Waals surface area contributed by atoms with E-state index in [0.717, 1.165) is 6.54 Å². The number of rotatable bonds is 5. The monoisotopic (exact) mass is 282 g/mol. The number of aromatic nitrogens is 2. The van der Waals surface area contributed by atoms with Crippen LogP contribution in [-0.2, 0) is 6.18 Å². The van der Waals surface area contributed by atoms with Crippen LogP contribution in [0.4, 0.5) is 19.0 Å². The number of anilines is 1. The average Bonchev–Trinajstić information content (AvgIpc) is 2.27. The van der Waals surface area contributed by atoms with Crippen LogP contribution in [0.15, 0.2) is 6.07 Å². The molecule has 0 saturated carbocycles. The van der Waals surface area contributed by atoms with Gasteiger partial charge in [0.1, 0.15) is 11.0 Å². The summed E-state index contributed by atoms with van der Waals surface area (Å²) in [6.45, 7) is 4.03. The van der Waals surface area contributed by atoms with Crippen LogP contribution in [0.25, 0.3) is 0 Å². The van der Waals surface area contributed by atoms with E-state index in [2.05, 4.69) is 15.3 Å². The lowest BCUT2D eigenvalue weighted by molar-refractivity contribution is -0.144. The lowest BCUT2D eigenvalue weighted by Gasteiger charge is -2.14. The van der Waals surface area contributed by atoms with E-state index in [0.29, 0.717) is 13.1 Å². The van der Waals surface area contributed by atoms with Gasteiger partial charge in [0.2, 0.25) is 5.82 Å². The lowest BCUT2D eigenvalue weighted by Crippen LogP contribution is -2.25. The van der Waals surface area contributed by atoms with Gasteiger partial charge in [-0.3, -0.25) is 0 Å². The molecule has 0 aliphatic carbocycles. The number of hydrogen-bond acceptors (Lipinski definition) is 4. The molecule has 0 radical (unpaired) electrons. The Morgan fingerprint density at radius 3 is 2.61 bits per heavy atom. The Morgan fingerprint density at radius 1 is 1.39 bits per heavy atom. The van der Waals surface area contributed by atoms with Gasteiger partial charge in [0.15, 0.2) is 0 Å². The second-order valence-corrected chi connectivity index (χ2v) is 4.11. The summed E-state index contributed by atoms with van der Waals surface area (Å²) in [5.74, 6) is -1.16. The Morgan fingerprint density at radius 2 is 2.06 bits per heavy atom. The Bertz CT molecular complexity index is 397. The van der Waals surface area contributed by atoms with Crippen LogP contribution in [0, 0.1) is 0 Å². The predicted molar refractivity (Wildman–Crippen MR) is 63.7 cm³/mol. The SMILES string of the molecule is CCN(C)CCNc1cc(Cl)nc(C(F)(F)F)n1. The molecule has 18 heavy (non-hydrogen) atoms. The number of halogens is 4. The largest absolute Gasteiger partial charge is 0.451 e. The fraction of sp³-hybridized carbons (Fsp3) is 0.600. The van der Waals surface area contributed by atoms with Gasteiger partial charge in [-0.25, -0.2) is 9.97 Å². The van der Waals surface area contributed by atoms with Crippen molar-refractivity contribution in [3.63, 3.8) is 0 Å². The first kappa shape index (κ1) is 15.0. The van der Waals surface area contributed by atoms with E-state index in [4.69, 9.17) is 11.6 Å². The molecule has 102 valence electrons. The summed E-state index contributed by atoms with van der Waals surface area (Å²) >= 11 is 5.52. The van der Waals surface area contributed by atoms with E-state index in [-0.39, 0.29) is 11.0 Å². The van der Waals surface area contributed by atoms with Crippen molar-refractivity contribution in [3.8, 4) is 0 Å². The molecular formula is C10H14ClF3N4. The van der Waals surface area contributed by atoms with E-state index in [9.17, 15) is 13.2 Å². The minimum atomic E-state index is -4.60. The topological polar surface area (TPSA) is 41.0 Å². The minimum Gasteiger partial charge on any atom is -0.369 e. The highest BCUT2D eigenvalue weighted by Crippen LogP contribution is 2.28. The number of alkyl halides is 3. The number of hydrogen-bond donors (Lipinski definition) is 1. The van der Waals surface area contributed by atoms with E-state index >= 15 is 0 Å². The summed E-state index contributed by atoms with van der Waals surface area (Å²) < 4.78 is 37.3. The third-order valence-corrected chi connectivity index (χ3v) is 2.48. The van der Waals surface area contributed by atoms with Gasteiger partial charge in [-0.15, -0.1) is 0 Å². The molecule has 1 aromatic heterocycles. The van der Waals surface area contributed by atoms with E-state index in [1.807, 2.05) is 18.9 Å². The van der Waals surface area contributed by atoms with Crippen LogP contribution in [0.5, 0.6) is 0 Å². The molecule has 1 N–H and O–H groups in total. The third-order valence-electron chi connectivity index (χ3n) is 2.29. The van der Waals surface area contributed by atoms with Crippen LogP contribution in [0.2, 0.25) is 5.15 Å². The highest BCUT2D eigenvalue weighted by atomic mass is 35.5. The average molecular weight is 283 g/mol.